The average molecular weight is 426 g/mol. The van der Waals surface area contributed by atoms with E-state index >= 15 is 0 Å². The molecule has 2 fully saturated rings. The highest BCUT2D eigenvalue weighted by molar-refractivity contribution is 5.96. The molecule has 3 aliphatic rings. The summed E-state index contributed by atoms with van der Waals surface area (Å²) in [6, 6.07) is 20.2. The van der Waals surface area contributed by atoms with Gasteiger partial charge in [0.25, 0.3) is 5.56 Å². The summed E-state index contributed by atoms with van der Waals surface area (Å²) in [6.45, 7) is 0.966. The first kappa shape index (κ1) is 19.0. The van der Waals surface area contributed by atoms with E-state index in [1.807, 2.05) is 53.4 Å². The highest BCUT2D eigenvalue weighted by Gasteiger charge is 2.57. The molecular formula is C26H22N2O4. The number of ether oxygens (including phenoxy) is 1. The number of fused-ring (bicyclic) bond motifs is 2. The second-order valence-corrected chi connectivity index (χ2v) is 8.94. The van der Waals surface area contributed by atoms with Gasteiger partial charge in [0.15, 0.2) is 5.60 Å². The topological polar surface area (TPSA) is 68.6 Å². The van der Waals surface area contributed by atoms with Crippen LogP contribution >= 0.6 is 0 Å². The quantitative estimate of drug-likeness (QED) is 0.604. The molecule has 32 heavy (non-hydrogen) atoms. The fourth-order valence-electron chi connectivity index (χ4n) is 5.24. The van der Waals surface area contributed by atoms with Crippen LogP contribution in [0.25, 0.3) is 5.69 Å². The number of benzene rings is 2. The van der Waals surface area contributed by atoms with Crippen molar-refractivity contribution in [1.82, 2.24) is 9.47 Å². The van der Waals surface area contributed by atoms with Crippen LogP contribution in [-0.4, -0.2) is 34.4 Å². The molecule has 6 nitrogen and oxygen atoms in total. The smallest absolute Gasteiger partial charge is 0.339 e. The van der Waals surface area contributed by atoms with E-state index in [-0.39, 0.29) is 17.4 Å². The van der Waals surface area contributed by atoms with E-state index in [1.165, 1.54) is 6.07 Å². The monoisotopic (exact) mass is 426 g/mol. The average Bonchev–Trinajstić information content (AvgIpc) is 3.45. The molecule has 0 bridgehead atoms. The van der Waals surface area contributed by atoms with Gasteiger partial charge in [0.2, 0.25) is 5.91 Å². The Kier molecular flexibility index (Phi) is 3.97. The lowest BCUT2D eigenvalue weighted by atomic mass is 9.91. The third kappa shape index (κ3) is 2.68. The SMILES string of the molecule is O=C1OC2(CCN(C(=O)C3(c4ccc(-n5ccccc5=O)cc4)CC3)C2)c2ccccc21. The van der Waals surface area contributed by atoms with E-state index in [4.69, 9.17) is 4.74 Å². The molecular weight excluding hydrogens is 404 g/mol. The van der Waals surface area contributed by atoms with E-state index in [2.05, 4.69) is 0 Å². The molecule has 1 amide bonds. The first-order valence-corrected chi connectivity index (χ1v) is 10.9. The van der Waals surface area contributed by atoms with Gasteiger partial charge in [-0.25, -0.2) is 4.79 Å². The minimum atomic E-state index is -0.724. The summed E-state index contributed by atoms with van der Waals surface area (Å²) in [4.78, 5) is 39.9. The predicted molar refractivity (Wildman–Crippen MR) is 118 cm³/mol. The van der Waals surface area contributed by atoms with Gasteiger partial charge in [0, 0.05) is 36.5 Å². The molecule has 3 aromatic rings. The van der Waals surface area contributed by atoms with Crippen LogP contribution < -0.4 is 5.56 Å². The van der Waals surface area contributed by atoms with Gasteiger partial charge in [0.05, 0.1) is 17.5 Å². The zero-order chi connectivity index (χ0) is 21.9. The van der Waals surface area contributed by atoms with Crippen molar-refractivity contribution >= 4 is 11.9 Å². The van der Waals surface area contributed by atoms with Crippen molar-refractivity contribution in [1.29, 1.82) is 0 Å². The van der Waals surface area contributed by atoms with Gasteiger partial charge in [-0.15, -0.1) is 0 Å². The largest absolute Gasteiger partial charge is 0.449 e. The second-order valence-electron chi connectivity index (χ2n) is 8.94. The van der Waals surface area contributed by atoms with Crippen LogP contribution in [0.1, 0.15) is 40.7 Å². The van der Waals surface area contributed by atoms with Crippen LogP contribution in [0, 0.1) is 0 Å². The van der Waals surface area contributed by atoms with Crippen LogP contribution in [0.4, 0.5) is 0 Å². The Bertz CT molecular complexity index is 1310. The maximum atomic E-state index is 13.6. The van der Waals surface area contributed by atoms with Crippen molar-refractivity contribution in [2.75, 3.05) is 13.1 Å². The second kappa shape index (κ2) is 6.66. The highest BCUT2D eigenvalue weighted by atomic mass is 16.6. The zero-order valence-corrected chi connectivity index (χ0v) is 17.5. The Hall–Kier alpha value is -3.67. The van der Waals surface area contributed by atoms with Crippen LogP contribution in [-0.2, 0) is 20.5 Å². The van der Waals surface area contributed by atoms with Gasteiger partial charge in [-0.1, -0.05) is 36.4 Å². The summed E-state index contributed by atoms with van der Waals surface area (Å²) < 4.78 is 7.39. The summed E-state index contributed by atoms with van der Waals surface area (Å²) in [5, 5.41) is 0. The number of esters is 1. The lowest BCUT2D eigenvalue weighted by Gasteiger charge is -2.27. The van der Waals surface area contributed by atoms with Gasteiger partial charge in [-0.05, 0) is 42.7 Å². The van der Waals surface area contributed by atoms with Gasteiger partial charge >= 0.3 is 5.97 Å². The molecule has 0 radical (unpaired) electrons. The molecule has 1 atom stereocenters. The molecule has 6 rings (SSSR count). The first-order valence-electron chi connectivity index (χ1n) is 10.9. The standard InChI is InChI=1S/C26H22N2O4/c29-22-7-3-4-15-28(22)19-10-8-18(9-11-19)25(12-13-25)24(31)27-16-14-26(17-27)21-6-2-1-5-20(21)23(30)32-26/h1-11,15H,12-14,16-17H2. The number of amides is 1. The molecule has 2 aliphatic heterocycles. The summed E-state index contributed by atoms with van der Waals surface area (Å²) in [5.41, 5.74) is 1.91. The molecule has 1 saturated carbocycles. The fraction of sp³-hybridized carbons (Fsp3) is 0.269. The summed E-state index contributed by atoms with van der Waals surface area (Å²) in [7, 11) is 0. The normalized spacial score (nSPS) is 22.6. The van der Waals surface area contributed by atoms with E-state index < -0.39 is 11.0 Å². The molecule has 2 aromatic carbocycles. The Morgan fingerprint density at radius 1 is 0.875 bits per heavy atom. The van der Waals surface area contributed by atoms with Crippen LogP contribution in [0.3, 0.4) is 0 Å². The molecule has 1 spiro atoms. The molecule has 1 saturated heterocycles. The van der Waals surface area contributed by atoms with E-state index in [1.54, 1.807) is 22.9 Å². The van der Waals surface area contributed by atoms with Crippen LogP contribution in [0.15, 0.2) is 77.7 Å². The molecule has 0 N–H and O–H groups in total. The Morgan fingerprint density at radius 2 is 1.62 bits per heavy atom. The van der Waals surface area contributed by atoms with Crippen molar-refractivity contribution in [3.05, 3.63) is 100.0 Å². The zero-order valence-electron chi connectivity index (χ0n) is 17.5. The Labute approximate surface area is 185 Å². The number of carbonyl (C=O) groups is 2. The number of hydrogen-bond acceptors (Lipinski definition) is 4. The molecule has 160 valence electrons. The number of likely N-dealkylation sites (tertiary alicyclic amines) is 1. The maximum Gasteiger partial charge on any atom is 0.339 e. The molecule has 1 aliphatic carbocycles. The number of hydrogen-bond donors (Lipinski definition) is 0. The summed E-state index contributed by atoms with van der Waals surface area (Å²) in [5.74, 6) is -0.206. The third-order valence-electron chi connectivity index (χ3n) is 7.12. The molecule has 6 heteroatoms. The van der Waals surface area contributed by atoms with E-state index in [9.17, 15) is 14.4 Å². The van der Waals surface area contributed by atoms with Crippen molar-refractivity contribution < 1.29 is 14.3 Å². The Morgan fingerprint density at radius 3 is 2.38 bits per heavy atom. The summed E-state index contributed by atoms with van der Waals surface area (Å²) >= 11 is 0. The first-order chi connectivity index (χ1) is 15.5. The lowest BCUT2D eigenvalue weighted by Crippen LogP contribution is -2.40. The fourth-order valence-corrected chi connectivity index (χ4v) is 5.24. The van der Waals surface area contributed by atoms with Crippen molar-refractivity contribution in [3.8, 4) is 5.69 Å². The van der Waals surface area contributed by atoms with Crippen molar-refractivity contribution in [2.45, 2.75) is 30.3 Å². The molecule has 1 unspecified atom stereocenters. The third-order valence-corrected chi connectivity index (χ3v) is 7.12. The summed E-state index contributed by atoms with van der Waals surface area (Å²) in [6.07, 6.45) is 3.96. The number of carbonyl (C=O) groups excluding carboxylic acids is 2. The highest BCUT2D eigenvalue weighted by Crippen LogP contribution is 2.52. The molecule has 3 heterocycles. The van der Waals surface area contributed by atoms with E-state index in [0.717, 1.165) is 29.7 Å². The van der Waals surface area contributed by atoms with Gasteiger partial charge in [-0.2, -0.15) is 0 Å². The minimum absolute atomic E-state index is 0.0915. The van der Waals surface area contributed by atoms with Gasteiger partial charge in [-0.3, -0.25) is 14.2 Å². The van der Waals surface area contributed by atoms with Crippen molar-refractivity contribution in [3.63, 3.8) is 0 Å². The number of aromatic nitrogens is 1. The number of pyridine rings is 1. The van der Waals surface area contributed by atoms with Gasteiger partial charge in [0.1, 0.15) is 0 Å². The predicted octanol–water partition coefficient (Wildman–Crippen LogP) is 3.17. The van der Waals surface area contributed by atoms with Gasteiger partial charge < -0.3 is 9.64 Å². The minimum Gasteiger partial charge on any atom is -0.449 e. The molecule has 1 aromatic heterocycles. The van der Waals surface area contributed by atoms with E-state index in [0.29, 0.717) is 25.1 Å². The number of nitrogens with zero attached hydrogens (tertiary/aromatic N) is 2. The lowest BCUT2D eigenvalue weighted by molar-refractivity contribution is -0.134. The van der Waals surface area contributed by atoms with Crippen molar-refractivity contribution in [2.24, 2.45) is 0 Å². The maximum absolute atomic E-state index is 13.6. The Balaban J connectivity index is 1.26. The number of rotatable bonds is 3. The van der Waals surface area contributed by atoms with Crippen LogP contribution in [0.2, 0.25) is 0 Å². The van der Waals surface area contributed by atoms with Crippen LogP contribution in [0.5, 0.6) is 0 Å².